The van der Waals surface area contributed by atoms with E-state index >= 15 is 0 Å². The van der Waals surface area contributed by atoms with Gasteiger partial charge >= 0.3 is 0 Å². The van der Waals surface area contributed by atoms with Crippen molar-refractivity contribution >= 4 is 5.91 Å². The maximum atomic E-state index is 11.2. The summed E-state index contributed by atoms with van der Waals surface area (Å²) < 4.78 is 0. The highest BCUT2D eigenvalue weighted by molar-refractivity contribution is 5.94. The molecule has 1 aromatic carbocycles. The van der Waals surface area contributed by atoms with Gasteiger partial charge in [-0.15, -0.1) is 0 Å². The van der Waals surface area contributed by atoms with E-state index in [9.17, 15) is 4.79 Å². The van der Waals surface area contributed by atoms with E-state index < -0.39 is 0 Å². The summed E-state index contributed by atoms with van der Waals surface area (Å²) in [5, 5.41) is 11.7. The van der Waals surface area contributed by atoms with Crippen LogP contribution in [0.3, 0.4) is 0 Å². The summed E-state index contributed by atoms with van der Waals surface area (Å²) in [6.07, 6.45) is 0. The summed E-state index contributed by atoms with van der Waals surface area (Å²) in [5.41, 5.74) is 0.483. The molecule has 0 aliphatic rings. The summed E-state index contributed by atoms with van der Waals surface area (Å²) in [7, 11) is 0. The van der Waals surface area contributed by atoms with Crippen LogP contribution in [0.15, 0.2) is 24.3 Å². The van der Waals surface area contributed by atoms with Crippen LogP contribution in [0.2, 0.25) is 0 Å². The first-order chi connectivity index (χ1) is 5.74. The van der Waals surface area contributed by atoms with Gasteiger partial charge in [-0.1, -0.05) is 13.5 Å². The molecule has 0 aromatic heterocycles. The van der Waals surface area contributed by atoms with Crippen LogP contribution < -0.4 is 5.32 Å². The van der Waals surface area contributed by atoms with E-state index in [1.54, 1.807) is 12.1 Å². The Morgan fingerprint density at radius 2 is 2.23 bits per heavy atom. The first kappa shape index (κ1) is 11.5. The number of nitrogens with one attached hydrogen (secondary N) is 1. The normalized spacial score (nSPS) is 8.69. The van der Waals surface area contributed by atoms with Gasteiger partial charge in [0.25, 0.3) is 5.91 Å². The lowest BCUT2D eigenvalue weighted by Crippen LogP contribution is -2.22. The standard InChI is InChI=1S/C9H11NO2.CH4/c1-2-10-9(12)7-4-3-5-8(11)6-7;/h3-6,11H,2H2,1H3,(H,10,12);1H4. The largest absolute Gasteiger partial charge is 0.508 e. The molecule has 0 radical (unpaired) electrons. The molecule has 0 aliphatic carbocycles. The molecule has 0 spiro atoms. The average Bonchev–Trinajstić information content (AvgIpc) is 2.05. The number of phenolic OH excluding ortho intramolecular Hbond substituents is 1. The Morgan fingerprint density at radius 3 is 2.77 bits per heavy atom. The second kappa shape index (κ2) is 5.19. The molecule has 1 amide bonds. The molecule has 3 heteroatoms. The minimum atomic E-state index is -0.159. The van der Waals surface area contributed by atoms with E-state index in [0.29, 0.717) is 12.1 Å². The molecule has 0 bridgehead atoms. The molecule has 0 atom stereocenters. The van der Waals surface area contributed by atoms with Crippen LogP contribution in [0, 0.1) is 0 Å². The third-order valence-corrected chi connectivity index (χ3v) is 1.45. The van der Waals surface area contributed by atoms with Crippen LogP contribution in [0.4, 0.5) is 0 Å². The highest BCUT2D eigenvalue weighted by Crippen LogP contribution is 2.10. The predicted octanol–water partition coefficient (Wildman–Crippen LogP) is 1.78. The number of hydrogen-bond donors (Lipinski definition) is 2. The number of aromatic hydroxyl groups is 1. The molecule has 0 fully saturated rings. The predicted molar refractivity (Wildman–Crippen MR) is 52.8 cm³/mol. The van der Waals surface area contributed by atoms with Crippen LogP contribution in [0.5, 0.6) is 5.75 Å². The number of amides is 1. The Kier molecular flexibility index (Phi) is 4.59. The Labute approximate surface area is 78.4 Å². The fourth-order valence-electron chi connectivity index (χ4n) is 0.910. The topological polar surface area (TPSA) is 49.3 Å². The summed E-state index contributed by atoms with van der Waals surface area (Å²) >= 11 is 0. The highest BCUT2D eigenvalue weighted by Gasteiger charge is 2.02. The Hall–Kier alpha value is -1.51. The van der Waals surface area contributed by atoms with Gasteiger partial charge in [0.2, 0.25) is 0 Å². The summed E-state index contributed by atoms with van der Waals surface area (Å²) in [5.74, 6) is -0.0489. The van der Waals surface area contributed by atoms with E-state index in [0.717, 1.165) is 0 Å². The van der Waals surface area contributed by atoms with Gasteiger partial charge in [-0.25, -0.2) is 0 Å². The monoisotopic (exact) mass is 181 g/mol. The van der Waals surface area contributed by atoms with Gasteiger partial charge in [0.05, 0.1) is 0 Å². The number of rotatable bonds is 2. The number of benzene rings is 1. The van der Waals surface area contributed by atoms with Crippen molar-refractivity contribution in [3.63, 3.8) is 0 Å². The number of phenols is 1. The van der Waals surface area contributed by atoms with E-state index in [4.69, 9.17) is 5.11 Å². The molecule has 1 rings (SSSR count). The maximum Gasteiger partial charge on any atom is 0.251 e. The molecule has 1 aromatic rings. The second-order valence-corrected chi connectivity index (χ2v) is 2.41. The van der Waals surface area contributed by atoms with E-state index in [1.165, 1.54) is 12.1 Å². The fourth-order valence-corrected chi connectivity index (χ4v) is 0.910. The summed E-state index contributed by atoms with van der Waals surface area (Å²) in [4.78, 5) is 11.2. The van der Waals surface area contributed by atoms with Crippen LogP contribution in [-0.4, -0.2) is 17.6 Å². The van der Waals surface area contributed by atoms with Crippen LogP contribution in [0.25, 0.3) is 0 Å². The molecule has 0 heterocycles. The molecule has 72 valence electrons. The molecular formula is C10H15NO2. The molecule has 13 heavy (non-hydrogen) atoms. The molecule has 3 nitrogen and oxygen atoms in total. The number of carbonyl (C=O) groups is 1. The van der Waals surface area contributed by atoms with E-state index in [-0.39, 0.29) is 19.1 Å². The zero-order valence-electron chi connectivity index (χ0n) is 6.87. The van der Waals surface area contributed by atoms with Crippen molar-refractivity contribution in [3.05, 3.63) is 29.8 Å². The maximum absolute atomic E-state index is 11.2. The van der Waals surface area contributed by atoms with Crippen molar-refractivity contribution < 1.29 is 9.90 Å². The van der Waals surface area contributed by atoms with Crippen LogP contribution in [0.1, 0.15) is 24.7 Å². The van der Waals surface area contributed by atoms with Crippen molar-refractivity contribution in [3.8, 4) is 5.75 Å². The van der Waals surface area contributed by atoms with Crippen molar-refractivity contribution in [1.29, 1.82) is 0 Å². The van der Waals surface area contributed by atoms with Crippen molar-refractivity contribution in [2.75, 3.05) is 6.54 Å². The first-order valence-corrected chi connectivity index (χ1v) is 3.81. The minimum Gasteiger partial charge on any atom is -0.508 e. The van der Waals surface area contributed by atoms with E-state index in [2.05, 4.69) is 5.32 Å². The molecular weight excluding hydrogens is 166 g/mol. The molecule has 0 unspecified atom stereocenters. The van der Waals surface area contributed by atoms with Crippen LogP contribution >= 0.6 is 0 Å². The molecule has 0 saturated heterocycles. The third kappa shape index (κ3) is 3.15. The number of hydrogen-bond acceptors (Lipinski definition) is 2. The number of carbonyl (C=O) groups excluding carboxylic acids is 1. The Morgan fingerprint density at radius 1 is 1.54 bits per heavy atom. The minimum absolute atomic E-state index is 0. The SMILES string of the molecule is C.CCNC(=O)c1cccc(O)c1. The van der Waals surface area contributed by atoms with Crippen molar-refractivity contribution in [1.82, 2.24) is 5.32 Å². The Bertz CT molecular complexity index is 284. The zero-order chi connectivity index (χ0) is 8.97. The summed E-state index contributed by atoms with van der Waals surface area (Å²) in [6.45, 7) is 2.44. The van der Waals surface area contributed by atoms with Gasteiger partial charge in [-0.3, -0.25) is 4.79 Å². The zero-order valence-corrected chi connectivity index (χ0v) is 6.87. The van der Waals surface area contributed by atoms with Crippen molar-refractivity contribution in [2.24, 2.45) is 0 Å². The Balaban J connectivity index is 0.00000144. The third-order valence-electron chi connectivity index (χ3n) is 1.45. The van der Waals surface area contributed by atoms with Gasteiger partial charge < -0.3 is 10.4 Å². The van der Waals surface area contributed by atoms with E-state index in [1.807, 2.05) is 6.92 Å². The smallest absolute Gasteiger partial charge is 0.251 e. The van der Waals surface area contributed by atoms with Gasteiger partial charge in [-0.05, 0) is 25.1 Å². The lowest BCUT2D eigenvalue weighted by atomic mass is 10.2. The van der Waals surface area contributed by atoms with Gasteiger partial charge in [0, 0.05) is 12.1 Å². The molecule has 0 saturated carbocycles. The van der Waals surface area contributed by atoms with Crippen molar-refractivity contribution in [2.45, 2.75) is 14.4 Å². The van der Waals surface area contributed by atoms with Gasteiger partial charge in [0.1, 0.15) is 5.75 Å². The van der Waals surface area contributed by atoms with Gasteiger partial charge in [0.15, 0.2) is 0 Å². The molecule has 2 N–H and O–H groups in total. The summed E-state index contributed by atoms with van der Waals surface area (Å²) in [6, 6.07) is 6.26. The second-order valence-electron chi connectivity index (χ2n) is 2.41. The average molecular weight is 181 g/mol. The van der Waals surface area contributed by atoms with Crippen LogP contribution in [-0.2, 0) is 0 Å². The lowest BCUT2D eigenvalue weighted by Gasteiger charge is -2.01. The molecule has 0 aliphatic heterocycles. The highest BCUT2D eigenvalue weighted by atomic mass is 16.3. The first-order valence-electron chi connectivity index (χ1n) is 3.81. The quantitative estimate of drug-likeness (QED) is 0.730. The van der Waals surface area contributed by atoms with Gasteiger partial charge in [-0.2, -0.15) is 0 Å². The fraction of sp³-hybridized carbons (Fsp3) is 0.300. The lowest BCUT2D eigenvalue weighted by molar-refractivity contribution is 0.0955.